The fourth-order valence-electron chi connectivity index (χ4n) is 1.37. The molecule has 13 heavy (non-hydrogen) atoms. The van der Waals surface area contributed by atoms with Gasteiger partial charge < -0.3 is 10.8 Å². The van der Waals surface area contributed by atoms with Gasteiger partial charge in [0.15, 0.2) is 0 Å². The molecule has 3 N–H and O–H groups in total. The van der Waals surface area contributed by atoms with Crippen LogP contribution >= 0.6 is 0 Å². The van der Waals surface area contributed by atoms with Gasteiger partial charge in [0, 0.05) is 11.1 Å². The lowest BCUT2D eigenvalue weighted by atomic mass is 9.96. The summed E-state index contributed by atoms with van der Waals surface area (Å²) in [5.74, 6) is -0.283. The molecule has 3 heteroatoms. The first-order chi connectivity index (χ1) is 6.04. The third kappa shape index (κ3) is 1.80. The van der Waals surface area contributed by atoms with E-state index in [-0.39, 0.29) is 11.7 Å². The van der Waals surface area contributed by atoms with E-state index in [1.165, 1.54) is 0 Å². The highest BCUT2D eigenvalue weighted by atomic mass is 16.3. The fourth-order valence-corrected chi connectivity index (χ4v) is 1.37. The first kappa shape index (κ1) is 9.58. The van der Waals surface area contributed by atoms with Gasteiger partial charge in [-0.15, -0.1) is 0 Å². The summed E-state index contributed by atoms with van der Waals surface area (Å²) in [5.41, 5.74) is 6.19. The standard InChI is InChI=1S/C10H13NO2/c1-6(2)9-7(10(11)13)4-3-5-8(9)12/h3-6,12H,1-2H3,(H2,11,13). The summed E-state index contributed by atoms with van der Waals surface area (Å²) in [6.45, 7) is 3.81. The van der Waals surface area contributed by atoms with E-state index in [1.807, 2.05) is 13.8 Å². The number of primary amides is 1. The molecule has 0 aliphatic carbocycles. The number of hydrogen-bond donors (Lipinski definition) is 2. The predicted molar refractivity (Wildman–Crippen MR) is 50.7 cm³/mol. The van der Waals surface area contributed by atoms with Crippen LogP contribution in [-0.4, -0.2) is 11.0 Å². The first-order valence-electron chi connectivity index (χ1n) is 4.15. The summed E-state index contributed by atoms with van der Waals surface area (Å²) in [7, 11) is 0. The van der Waals surface area contributed by atoms with E-state index < -0.39 is 5.91 Å². The maximum Gasteiger partial charge on any atom is 0.249 e. The van der Waals surface area contributed by atoms with Gasteiger partial charge in [0.2, 0.25) is 5.91 Å². The molecular weight excluding hydrogens is 166 g/mol. The van der Waals surface area contributed by atoms with Crippen LogP contribution in [0, 0.1) is 0 Å². The quantitative estimate of drug-likeness (QED) is 0.724. The van der Waals surface area contributed by atoms with Crippen LogP contribution in [0.25, 0.3) is 0 Å². The Morgan fingerprint density at radius 2 is 2.08 bits per heavy atom. The van der Waals surface area contributed by atoms with Crippen molar-refractivity contribution >= 4 is 5.91 Å². The Hall–Kier alpha value is -1.51. The molecule has 0 aliphatic heterocycles. The van der Waals surface area contributed by atoms with Crippen molar-refractivity contribution in [1.82, 2.24) is 0 Å². The van der Waals surface area contributed by atoms with Gasteiger partial charge in [-0.3, -0.25) is 4.79 Å². The predicted octanol–water partition coefficient (Wildman–Crippen LogP) is 1.61. The summed E-state index contributed by atoms with van der Waals surface area (Å²) in [6.07, 6.45) is 0. The normalized spacial score (nSPS) is 10.4. The third-order valence-electron chi connectivity index (χ3n) is 1.93. The molecule has 1 rings (SSSR count). The van der Waals surface area contributed by atoms with Crippen LogP contribution in [0.2, 0.25) is 0 Å². The van der Waals surface area contributed by atoms with Crippen LogP contribution in [0.1, 0.15) is 35.7 Å². The Morgan fingerprint density at radius 1 is 1.46 bits per heavy atom. The van der Waals surface area contributed by atoms with Crippen molar-refractivity contribution in [2.45, 2.75) is 19.8 Å². The minimum absolute atomic E-state index is 0.0868. The van der Waals surface area contributed by atoms with Crippen LogP contribution in [-0.2, 0) is 0 Å². The van der Waals surface area contributed by atoms with Gasteiger partial charge >= 0.3 is 0 Å². The second-order valence-corrected chi connectivity index (χ2v) is 3.26. The van der Waals surface area contributed by atoms with Crippen LogP contribution in [0.15, 0.2) is 18.2 Å². The molecule has 0 heterocycles. The molecule has 0 fully saturated rings. The Kier molecular flexibility index (Phi) is 2.56. The average Bonchev–Trinajstić information content (AvgIpc) is 2.02. The molecule has 0 aromatic heterocycles. The number of rotatable bonds is 2. The topological polar surface area (TPSA) is 63.3 Å². The average molecular weight is 179 g/mol. The van der Waals surface area contributed by atoms with Crippen molar-refractivity contribution < 1.29 is 9.90 Å². The van der Waals surface area contributed by atoms with Gasteiger partial charge in [0.05, 0.1) is 0 Å². The van der Waals surface area contributed by atoms with E-state index in [1.54, 1.807) is 18.2 Å². The van der Waals surface area contributed by atoms with E-state index in [2.05, 4.69) is 0 Å². The van der Waals surface area contributed by atoms with Crippen LogP contribution < -0.4 is 5.73 Å². The second-order valence-electron chi connectivity index (χ2n) is 3.26. The molecule has 0 saturated heterocycles. The van der Waals surface area contributed by atoms with Crippen molar-refractivity contribution in [2.75, 3.05) is 0 Å². The summed E-state index contributed by atoms with van der Waals surface area (Å²) >= 11 is 0. The van der Waals surface area contributed by atoms with Crippen molar-refractivity contribution in [3.63, 3.8) is 0 Å². The second kappa shape index (κ2) is 3.47. The molecule has 0 atom stereocenters. The lowest BCUT2D eigenvalue weighted by Gasteiger charge is -2.11. The SMILES string of the molecule is CC(C)c1c(O)cccc1C(N)=O. The molecule has 0 bridgehead atoms. The Labute approximate surface area is 77.2 Å². The van der Waals surface area contributed by atoms with Crippen LogP contribution in [0.5, 0.6) is 5.75 Å². The molecule has 1 aromatic carbocycles. The lowest BCUT2D eigenvalue weighted by Crippen LogP contribution is -2.14. The van der Waals surface area contributed by atoms with Crippen molar-refractivity contribution in [3.05, 3.63) is 29.3 Å². The maximum absolute atomic E-state index is 11.0. The zero-order chi connectivity index (χ0) is 10.0. The zero-order valence-corrected chi connectivity index (χ0v) is 7.74. The Bertz CT molecular complexity index is 332. The molecule has 3 nitrogen and oxygen atoms in total. The molecule has 1 aromatic rings. The van der Waals surface area contributed by atoms with E-state index in [4.69, 9.17) is 5.73 Å². The molecular formula is C10H13NO2. The number of benzene rings is 1. The van der Waals surface area contributed by atoms with Gasteiger partial charge in [-0.1, -0.05) is 19.9 Å². The molecule has 0 spiro atoms. The Balaban J connectivity index is 3.34. The molecule has 0 aliphatic rings. The lowest BCUT2D eigenvalue weighted by molar-refractivity contribution is 0.0998. The monoisotopic (exact) mass is 179 g/mol. The van der Waals surface area contributed by atoms with E-state index in [0.717, 1.165) is 0 Å². The van der Waals surface area contributed by atoms with E-state index in [9.17, 15) is 9.90 Å². The van der Waals surface area contributed by atoms with E-state index >= 15 is 0 Å². The highest BCUT2D eigenvalue weighted by Gasteiger charge is 2.14. The smallest absolute Gasteiger partial charge is 0.249 e. The van der Waals surface area contributed by atoms with Crippen molar-refractivity contribution in [3.8, 4) is 5.75 Å². The minimum Gasteiger partial charge on any atom is -0.508 e. The molecule has 0 unspecified atom stereocenters. The van der Waals surface area contributed by atoms with Crippen LogP contribution in [0.3, 0.4) is 0 Å². The summed E-state index contributed by atoms with van der Waals surface area (Å²) < 4.78 is 0. The molecule has 70 valence electrons. The fraction of sp³-hybridized carbons (Fsp3) is 0.300. The highest BCUT2D eigenvalue weighted by molar-refractivity contribution is 5.95. The number of phenols is 1. The van der Waals surface area contributed by atoms with E-state index in [0.29, 0.717) is 11.1 Å². The largest absolute Gasteiger partial charge is 0.508 e. The third-order valence-corrected chi connectivity index (χ3v) is 1.93. The maximum atomic E-state index is 11.0. The number of hydrogen-bond acceptors (Lipinski definition) is 2. The first-order valence-corrected chi connectivity index (χ1v) is 4.15. The van der Waals surface area contributed by atoms with Gasteiger partial charge in [0.1, 0.15) is 5.75 Å². The highest BCUT2D eigenvalue weighted by Crippen LogP contribution is 2.28. The summed E-state index contributed by atoms with van der Waals surface area (Å²) in [4.78, 5) is 11.0. The number of carbonyl (C=O) groups excluding carboxylic acids is 1. The zero-order valence-electron chi connectivity index (χ0n) is 7.74. The number of amides is 1. The minimum atomic E-state index is -0.500. The summed E-state index contributed by atoms with van der Waals surface area (Å²) in [5, 5.41) is 9.50. The van der Waals surface area contributed by atoms with Gasteiger partial charge in [-0.2, -0.15) is 0 Å². The van der Waals surface area contributed by atoms with Gasteiger partial charge in [0.25, 0.3) is 0 Å². The summed E-state index contributed by atoms with van der Waals surface area (Å²) in [6, 6.07) is 4.79. The van der Waals surface area contributed by atoms with Gasteiger partial charge in [-0.05, 0) is 18.1 Å². The Morgan fingerprint density at radius 3 is 2.46 bits per heavy atom. The number of aromatic hydroxyl groups is 1. The van der Waals surface area contributed by atoms with Gasteiger partial charge in [-0.25, -0.2) is 0 Å². The van der Waals surface area contributed by atoms with Crippen molar-refractivity contribution in [1.29, 1.82) is 0 Å². The number of phenolic OH excluding ortho intramolecular Hbond substituents is 1. The van der Waals surface area contributed by atoms with Crippen molar-refractivity contribution in [2.24, 2.45) is 5.73 Å². The van der Waals surface area contributed by atoms with Crippen LogP contribution in [0.4, 0.5) is 0 Å². The number of nitrogens with two attached hydrogens (primary N) is 1. The molecule has 1 amide bonds. The number of carbonyl (C=O) groups is 1. The molecule has 0 saturated carbocycles. The molecule has 0 radical (unpaired) electrons.